The van der Waals surface area contributed by atoms with Gasteiger partial charge in [0, 0.05) is 31.5 Å². The van der Waals surface area contributed by atoms with Gasteiger partial charge in [-0.3, -0.25) is 0 Å². The van der Waals surface area contributed by atoms with Gasteiger partial charge in [-0.05, 0) is 24.5 Å². The molecule has 0 saturated carbocycles. The van der Waals surface area contributed by atoms with Gasteiger partial charge < -0.3 is 20.6 Å². The molecule has 0 radical (unpaired) electrons. The van der Waals surface area contributed by atoms with Crippen LogP contribution < -0.4 is 10.6 Å². The largest absolute Gasteiger partial charge is 0.409 e. The predicted octanol–water partition coefficient (Wildman–Crippen LogP) is 2.28. The SMILES string of the molecule is CC(C)CCOCCN(C)c1ccccc1/C(N)=N/O. The molecule has 1 rings (SSSR count). The molecule has 0 aliphatic heterocycles. The Morgan fingerprint density at radius 3 is 2.70 bits per heavy atom. The van der Waals surface area contributed by atoms with Crippen LogP contribution in [0.5, 0.6) is 0 Å². The van der Waals surface area contributed by atoms with E-state index in [0.717, 1.165) is 30.8 Å². The summed E-state index contributed by atoms with van der Waals surface area (Å²) in [5.41, 5.74) is 7.33. The highest BCUT2D eigenvalue weighted by molar-refractivity contribution is 6.02. The smallest absolute Gasteiger partial charge is 0.172 e. The zero-order valence-corrected chi connectivity index (χ0v) is 12.5. The Morgan fingerprint density at radius 1 is 1.35 bits per heavy atom. The number of ether oxygens (including phenoxy) is 1. The van der Waals surface area contributed by atoms with Crippen molar-refractivity contribution in [2.24, 2.45) is 16.8 Å². The highest BCUT2D eigenvalue weighted by atomic mass is 16.5. The number of amidine groups is 1. The Morgan fingerprint density at radius 2 is 2.05 bits per heavy atom. The number of anilines is 1. The lowest BCUT2D eigenvalue weighted by atomic mass is 10.1. The number of benzene rings is 1. The molecule has 1 aromatic carbocycles. The fraction of sp³-hybridized carbons (Fsp3) is 0.533. The first-order chi connectivity index (χ1) is 9.56. The van der Waals surface area contributed by atoms with Crippen LogP contribution in [-0.2, 0) is 4.74 Å². The molecular weight excluding hydrogens is 254 g/mol. The Bertz CT molecular complexity index is 433. The summed E-state index contributed by atoms with van der Waals surface area (Å²) < 4.78 is 5.61. The van der Waals surface area contributed by atoms with Crippen molar-refractivity contribution >= 4 is 11.5 Å². The molecule has 0 aliphatic rings. The van der Waals surface area contributed by atoms with E-state index in [0.29, 0.717) is 12.5 Å². The third kappa shape index (κ3) is 5.09. The van der Waals surface area contributed by atoms with E-state index < -0.39 is 0 Å². The molecule has 0 atom stereocenters. The van der Waals surface area contributed by atoms with E-state index >= 15 is 0 Å². The minimum Gasteiger partial charge on any atom is -0.409 e. The molecule has 0 bridgehead atoms. The topological polar surface area (TPSA) is 71.1 Å². The van der Waals surface area contributed by atoms with E-state index in [9.17, 15) is 0 Å². The van der Waals surface area contributed by atoms with Gasteiger partial charge in [0.2, 0.25) is 0 Å². The van der Waals surface area contributed by atoms with E-state index in [2.05, 4.69) is 19.0 Å². The van der Waals surface area contributed by atoms with Gasteiger partial charge in [-0.1, -0.05) is 31.1 Å². The molecule has 0 fully saturated rings. The quantitative estimate of drug-likeness (QED) is 0.252. The van der Waals surface area contributed by atoms with Crippen LogP contribution in [0, 0.1) is 5.92 Å². The van der Waals surface area contributed by atoms with Crippen LogP contribution in [0.2, 0.25) is 0 Å². The van der Waals surface area contributed by atoms with Crippen molar-refractivity contribution in [3.8, 4) is 0 Å². The third-order valence-corrected chi connectivity index (χ3v) is 3.11. The lowest BCUT2D eigenvalue weighted by molar-refractivity contribution is 0.130. The Balaban J connectivity index is 2.53. The highest BCUT2D eigenvalue weighted by Crippen LogP contribution is 2.18. The number of nitrogens with zero attached hydrogens (tertiary/aromatic N) is 2. The molecule has 5 heteroatoms. The van der Waals surface area contributed by atoms with Crippen molar-refractivity contribution in [3.05, 3.63) is 29.8 Å². The van der Waals surface area contributed by atoms with Crippen molar-refractivity contribution in [2.75, 3.05) is 31.7 Å². The highest BCUT2D eigenvalue weighted by Gasteiger charge is 2.10. The van der Waals surface area contributed by atoms with E-state index in [4.69, 9.17) is 15.7 Å². The molecule has 0 saturated heterocycles. The maximum absolute atomic E-state index is 8.81. The first kappa shape index (κ1) is 16.3. The van der Waals surface area contributed by atoms with Gasteiger partial charge in [0.25, 0.3) is 0 Å². The van der Waals surface area contributed by atoms with E-state index in [1.165, 1.54) is 0 Å². The zero-order valence-electron chi connectivity index (χ0n) is 12.5. The first-order valence-electron chi connectivity index (χ1n) is 6.92. The van der Waals surface area contributed by atoms with E-state index in [-0.39, 0.29) is 5.84 Å². The summed E-state index contributed by atoms with van der Waals surface area (Å²) in [6.45, 7) is 6.57. The average molecular weight is 279 g/mol. The van der Waals surface area contributed by atoms with Gasteiger partial charge in [-0.15, -0.1) is 0 Å². The summed E-state index contributed by atoms with van der Waals surface area (Å²) in [6.07, 6.45) is 1.07. The number of nitrogens with two attached hydrogens (primary N) is 1. The van der Waals surface area contributed by atoms with Crippen molar-refractivity contribution in [2.45, 2.75) is 20.3 Å². The standard InChI is InChI=1S/C15H25N3O2/c1-12(2)8-10-20-11-9-18(3)14-7-5-4-6-13(14)15(16)17-19/h4-7,12,19H,8-11H2,1-3H3,(H2,16,17). The second kappa shape index (κ2) is 8.43. The molecule has 0 heterocycles. The second-order valence-electron chi connectivity index (χ2n) is 5.22. The molecule has 0 spiro atoms. The summed E-state index contributed by atoms with van der Waals surface area (Å²) >= 11 is 0. The molecule has 0 aliphatic carbocycles. The normalized spacial score (nSPS) is 11.9. The van der Waals surface area contributed by atoms with Gasteiger partial charge in [0.05, 0.1) is 6.61 Å². The molecule has 0 amide bonds. The summed E-state index contributed by atoms with van der Waals surface area (Å²) in [7, 11) is 1.97. The number of oxime groups is 1. The van der Waals surface area contributed by atoms with Crippen molar-refractivity contribution in [1.29, 1.82) is 0 Å². The number of rotatable bonds is 8. The van der Waals surface area contributed by atoms with Gasteiger partial charge in [0.15, 0.2) is 5.84 Å². The number of likely N-dealkylation sites (N-methyl/N-ethyl adjacent to an activating group) is 1. The lowest BCUT2D eigenvalue weighted by Gasteiger charge is -2.22. The summed E-state index contributed by atoms with van der Waals surface area (Å²) in [5, 5.41) is 11.9. The third-order valence-electron chi connectivity index (χ3n) is 3.11. The number of hydrogen-bond acceptors (Lipinski definition) is 4. The monoisotopic (exact) mass is 279 g/mol. The molecular formula is C15H25N3O2. The number of para-hydroxylation sites is 1. The molecule has 1 aromatic rings. The van der Waals surface area contributed by atoms with Crippen LogP contribution in [0.15, 0.2) is 29.4 Å². The summed E-state index contributed by atoms with van der Waals surface area (Å²) in [5.74, 6) is 0.780. The minimum absolute atomic E-state index is 0.119. The van der Waals surface area contributed by atoms with Crippen molar-refractivity contribution in [3.63, 3.8) is 0 Å². The minimum atomic E-state index is 0.119. The van der Waals surface area contributed by atoms with Crippen LogP contribution in [0.4, 0.5) is 5.69 Å². The van der Waals surface area contributed by atoms with E-state index in [1.54, 1.807) is 0 Å². The van der Waals surface area contributed by atoms with Gasteiger partial charge in [0.1, 0.15) is 0 Å². The maximum Gasteiger partial charge on any atom is 0.172 e. The molecule has 20 heavy (non-hydrogen) atoms. The Kier molecular flexibility index (Phi) is 6.87. The predicted molar refractivity (Wildman–Crippen MR) is 82.5 cm³/mol. The van der Waals surface area contributed by atoms with Gasteiger partial charge >= 0.3 is 0 Å². The molecule has 0 unspecified atom stereocenters. The van der Waals surface area contributed by atoms with Crippen LogP contribution in [-0.4, -0.2) is 37.8 Å². The Hall–Kier alpha value is -1.75. The van der Waals surface area contributed by atoms with Gasteiger partial charge in [-0.2, -0.15) is 0 Å². The maximum atomic E-state index is 8.81. The van der Waals surface area contributed by atoms with Crippen LogP contribution in [0.3, 0.4) is 0 Å². The zero-order chi connectivity index (χ0) is 15.0. The average Bonchev–Trinajstić information content (AvgIpc) is 2.45. The lowest BCUT2D eigenvalue weighted by Crippen LogP contribution is -2.26. The fourth-order valence-corrected chi connectivity index (χ4v) is 1.82. The first-order valence-corrected chi connectivity index (χ1v) is 6.92. The van der Waals surface area contributed by atoms with E-state index in [1.807, 2.05) is 36.2 Å². The van der Waals surface area contributed by atoms with Crippen molar-refractivity contribution in [1.82, 2.24) is 0 Å². The van der Waals surface area contributed by atoms with Crippen molar-refractivity contribution < 1.29 is 9.94 Å². The molecule has 3 N–H and O–H groups in total. The summed E-state index contributed by atoms with van der Waals surface area (Å²) in [4.78, 5) is 2.04. The molecule has 112 valence electrons. The van der Waals surface area contributed by atoms with Crippen LogP contribution in [0.25, 0.3) is 0 Å². The molecule has 5 nitrogen and oxygen atoms in total. The number of hydrogen-bond donors (Lipinski definition) is 2. The van der Waals surface area contributed by atoms with Gasteiger partial charge in [-0.25, -0.2) is 0 Å². The van der Waals surface area contributed by atoms with Crippen LogP contribution in [0.1, 0.15) is 25.8 Å². The summed E-state index contributed by atoms with van der Waals surface area (Å²) in [6, 6.07) is 7.57. The Labute approximate surface area is 121 Å². The van der Waals surface area contributed by atoms with Crippen LogP contribution >= 0.6 is 0 Å². The molecule has 0 aromatic heterocycles. The second-order valence-corrected chi connectivity index (χ2v) is 5.22. The fourth-order valence-electron chi connectivity index (χ4n) is 1.82.